The lowest BCUT2D eigenvalue weighted by molar-refractivity contribution is -0.383. The Hall–Kier alpha value is -2.72. The molecule has 2 aromatic heterocycles. The molecule has 0 saturated carbocycles. The summed E-state index contributed by atoms with van der Waals surface area (Å²) in [6.07, 6.45) is 0. The zero-order valence-electron chi connectivity index (χ0n) is 14.0. The second-order valence-electron chi connectivity index (χ2n) is 5.42. The predicted molar refractivity (Wildman–Crippen MR) is 102 cm³/mol. The van der Waals surface area contributed by atoms with Gasteiger partial charge in [-0.3, -0.25) is 14.9 Å². The molecule has 0 saturated heterocycles. The monoisotopic (exact) mass is 389 g/mol. The number of rotatable bonds is 6. The van der Waals surface area contributed by atoms with E-state index in [9.17, 15) is 14.9 Å². The van der Waals surface area contributed by atoms with E-state index in [1.807, 2.05) is 30.0 Å². The molecule has 10 heteroatoms. The van der Waals surface area contributed by atoms with Crippen LogP contribution in [0.5, 0.6) is 0 Å². The maximum Gasteiger partial charge on any atom is 0.292 e. The first-order valence-corrected chi connectivity index (χ1v) is 9.43. The second kappa shape index (κ2) is 7.67. The van der Waals surface area contributed by atoms with Gasteiger partial charge in [0.15, 0.2) is 11.0 Å². The molecule has 0 atom stereocenters. The number of thioether (sulfide) groups is 1. The average Bonchev–Trinajstić information content (AvgIpc) is 3.19. The van der Waals surface area contributed by atoms with E-state index in [1.165, 1.54) is 28.8 Å². The van der Waals surface area contributed by atoms with E-state index in [-0.39, 0.29) is 23.0 Å². The fraction of sp³-hybridized carbons (Fsp3) is 0.188. The topological polar surface area (TPSA) is 103 Å². The van der Waals surface area contributed by atoms with Crippen LogP contribution in [0.2, 0.25) is 0 Å². The number of thiophene rings is 1. The number of amides is 1. The molecule has 0 aliphatic carbocycles. The van der Waals surface area contributed by atoms with Crippen LogP contribution < -0.4 is 5.32 Å². The number of nitro benzene ring substituents is 1. The Morgan fingerprint density at radius 2 is 2.15 bits per heavy atom. The number of carbonyl (C=O) groups is 1. The van der Waals surface area contributed by atoms with Gasteiger partial charge in [0.25, 0.3) is 5.69 Å². The number of carbonyl (C=O) groups excluding carboxylic acids is 1. The lowest BCUT2D eigenvalue weighted by atomic mass is 10.2. The lowest BCUT2D eigenvalue weighted by Gasteiger charge is -2.06. The van der Waals surface area contributed by atoms with Gasteiger partial charge in [0.1, 0.15) is 5.69 Å². The average molecular weight is 389 g/mol. The van der Waals surface area contributed by atoms with E-state index < -0.39 is 4.92 Å². The van der Waals surface area contributed by atoms with Gasteiger partial charge in [-0.05, 0) is 19.1 Å². The number of hydrogen-bond acceptors (Lipinski definition) is 7. The molecule has 0 aliphatic heterocycles. The fourth-order valence-electron chi connectivity index (χ4n) is 2.31. The van der Waals surface area contributed by atoms with Crippen LogP contribution in [-0.4, -0.2) is 31.3 Å². The molecule has 8 nitrogen and oxygen atoms in total. The molecule has 0 fully saturated rings. The van der Waals surface area contributed by atoms with Crippen molar-refractivity contribution in [3.05, 3.63) is 50.7 Å². The van der Waals surface area contributed by atoms with Gasteiger partial charge in [0.2, 0.25) is 5.91 Å². The third kappa shape index (κ3) is 3.92. The summed E-state index contributed by atoms with van der Waals surface area (Å²) in [6, 6.07) is 8.06. The lowest BCUT2D eigenvalue weighted by Crippen LogP contribution is -2.15. The quantitative estimate of drug-likeness (QED) is 0.393. The van der Waals surface area contributed by atoms with Gasteiger partial charge >= 0.3 is 0 Å². The highest BCUT2D eigenvalue weighted by atomic mass is 32.2. The van der Waals surface area contributed by atoms with Crippen LogP contribution in [0.15, 0.2) is 40.9 Å². The van der Waals surface area contributed by atoms with Crippen LogP contribution in [0.25, 0.3) is 11.4 Å². The Morgan fingerprint density at radius 3 is 2.85 bits per heavy atom. The molecule has 3 rings (SSSR count). The highest BCUT2D eigenvalue weighted by molar-refractivity contribution is 7.99. The van der Waals surface area contributed by atoms with Gasteiger partial charge in [-0.2, -0.15) is 0 Å². The van der Waals surface area contributed by atoms with Gasteiger partial charge < -0.3 is 9.88 Å². The molecule has 3 aromatic rings. The van der Waals surface area contributed by atoms with Crippen molar-refractivity contribution in [3.8, 4) is 11.4 Å². The third-order valence-corrected chi connectivity index (χ3v) is 5.41. The van der Waals surface area contributed by atoms with Crippen molar-refractivity contribution in [1.82, 2.24) is 14.8 Å². The van der Waals surface area contributed by atoms with Crippen molar-refractivity contribution in [1.29, 1.82) is 0 Å². The van der Waals surface area contributed by atoms with Crippen molar-refractivity contribution < 1.29 is 9.72 Å². The molecule has 1 N–H and O–H groups in total. The number of benzene rings is 1. The summed E-state index contributed by atoms with van der Waals surface area (Å²) in [5.74, 6) is 0.455. The zero-order chi connectivity index (χ0) is 18.7. The third-order valence-electron chi connectivity index (χ3n) is 3.53. The number of anilines is 1. The van der Waals surface area contributed by atoms with Crippen LogP contribution in [0.4, 0.5) is 11.4 Å². The van der Waals surface area contributed by atoms with Crippen molar-refractivity contribution in [2.75, 3.05) is 11.1 Å². The molecule has 1 amide bonds. The summed E-state index contributed by atoms with van der Waals surface area (Å²) in [5.41, 5.74) is 1.02. The van der Waals surface area contributed by atoms with E-state index in [4.69, 9.17) is 0 Å². The smallest absolute Gasteiger partial charge is 0.292 e. The normalized spacial score (nSPS) is 10.7. The minimum Gasteiger partial charge on any atom is -0.320 e. The van der Waals surface area contributed by atoms with Crippen molar-refractivity contribution in [3.63, 3.8) is 0 Å². The van der Waals surface area contributed by atoms with Crippen molar-refractivity contribution in [2.45, 2.75) is 12.1 Å². The molecular formula is C16H15N5O3S2. The van der Waals surface area contributed by atoms with Crippen LogP contribution in [0.1, 0.15) is 4.88 Å². The van der Waals surface area contributed by atoms with Crippen LogP contribution in [-0.2, 0) is 11.8 Å². The van der Waals surface area contributed by atoms with Crippen LogP contribution in [0, 0.1) is 17.0 Å². The molecule has 0 aliphatic rings. The molecule has 134 valence electrons. The predicted octanol–water partition coefficient (Wildman–Crippen LogP) is 3.49. The standard InChI is InChI=1S/C16H15N5O3S2/c1-10-7-11(8-25-10)15-18-19-16(20(15)2)26-9-14(22)17-12-5-3-4-6-13(12)21(23)24/h3-8H,9H2,1-2H3,(H,17,22). The maximum atomic E-state index is 12.1. The Balaban J connectivity index is 1.66. The number of hydrogen-bond donors (Lipinski definition) is 1. The minimum absolute atomic E-state index is 0.0701. The molecule has 26 heavy (non-hydrogen) atoms. The number of aryl methyl sites for hydroxylation is 1. The Morgan fingerprint density at radius 1 is 1.38 bits per heavy atom. The van der Waals surface area contributed by atoms with Gasteiger partial charge in [0.05, 0.1) is 10.7 Å². The molecule has 1 aromatic carbocycles. The van der Waals surface area contributed by atoms with Gasteiger partial charge in [-0.1, -0.05) is 23.9 Å². The first-order valence-electron chi connectivity index (χ1n) is 7.56. The number of para-hydroxylation sites is 2. The summed E-state index contributed by atoms with van der Waals surface area (Å²) in [7, 11) is 1.84. The minimum atomic E-state index is -0.527. The summed E-state index contributed by atoms with van der Waals surface area (Å²) in [4.78, 5) is 23.8. The molecule has 2 heterocycles. The Bertz CT molecular complexity index is 966. The molecule has 0 spiro atoms. The molecule has 0 bridgehead atoms. The first-order chi connectivity index (χ1) is 12.5. The maximum absolute atomic E-state index is 12.1. The summed E-state index contributed by atoms with van der Waals surface area (Å²) in [6.45, 7) is 2.02. The summed E-state index contributed by atoms with van der Waals surface area (Å²) >= 11 is 2.86. The van der Waals surface area contributed by atoms with E-state index in [0.29, 0.717) is 5.16 Å². The van der Waals surface area contributed by atoms with Gasteiger partial charge in [0, 0.05) is 28.9 Å². The number of nitrogens with zero attached hydrogens (tertiary/aromatic N) is 4. The van der Waals surface area contributed by atoms with Crippen LogP contribution in [0.3, 0.4) is 0 Å². The second-order valence-corrected chi connectivity index (χ2v) is 7.48. The van der Waals surface area contributed by atoms with Crippen molar-refractivity contribution >= 4 is 40.4 Å². The summed E-state index contributed by atoms with van der Waals surface area (Å²) < 4.78 is 1.82. The number of aromatic nitrogens is 3. The number of nitrogens with one attached hydrogen (secondary N) is 1. The fourth-order valence-corrected chi connectivity index (χ4v) is 3.70. The van der Waals surface area contributed by atoms with Gasteiger partial charge in [-0.25, -0.2) is 0 Å². The Labute approximate surface area is 157 Å². The molecule has 0 radical (unpaired) electrons. The number of nitro groups is 1. The summed E-state index contributed by atoms with van der Waals surface area (Å²) in [5, 5.41) is 24.5. The molecule has 0 unspecified atom stereocenters. The van der Waals surface area contributed by atoms with Gasteiger partial charge in [-0.15, -0.1) is 21.5 Å². The largest absolute Gasteiger partial charge is 0.320 e. The van der Waals surface area contributed by atoms with E-state index in [1.54, 1.807) is 23.5 Å². The van der Waals surface area contributed by atoms with Crippen LogP contribution >= 0.6 is 23.1 Å². The van der Waals surface area contributed by atoms with Crippen molar-refractivity contribution in [2.24, 2.45) is 7.05 Å². The Kier molecular flexibility index (Phi) is 5.33. The first kappa shape index (κ1) is 18.1. The molecular weight excluding hydrogens is 374 g/mol. The van der Waals surface area contributed by atoms with E-state index in [2.05, 4.69) is 15.5 Å². The zero-order valence-corrected chi connectivity index (χ0v) is 15.6. The highest BCUT2D eigenvalue weighted by Crippen LogP contribution is 2.27. The van der Waals surface area contributed by atoms with E-state index in [0.717, 1.165) is 11.4 Å². The highest BCUT2D eigenvalue weighted by Gasteiger charge is 2.17. The van der Waals surface area contributed by atoms with E-state index >= 15 is 0 Å². The SMILES string of the molecule is Cc1cc(-c2nnc(SCC(=O)Nc3ccccc3[N+](=O)[O-])n2C)cs1.